The van der Waals surface area contributed by atoms with Crippen LogP contribution in [0.2, 0.25) is 0 Å². The van der Waals surface area contributed by atoms with Crippen molar-refractivity contribution in [3.63, 3.8) is 0 Å². The maximum absolute atomic E-state index is 11.9. The van der Waals surface area contributed by atoms with Crippen LogP contribution in [0.25, 0.3) is 0 Å². The average molecular weight is 344 g/mol. The number of anilines is 2. The van der Waals surface area contributed by atoms with Crippen LogP contribution in [-0.2, 0) is 9.59 Å². The first kappa shape index (κ1) is 17.9. The Bertz CT molecular complexity index is 719. The number of nitrogens with one attached hydrogen (secondary N) is 2. The second kappa shape index (κ2) is 8.98. The Kier molecular flexibility index (Phi) is 6.69. The van der Waals surface area contributed by atoms with Crippen LogP contribution >= 0.6 is 11.8 Å². The number of thioether (sulfide) groups is 1. The lowest BCUT2D eigenvalue weighted by Gasteiger charge is -2.08. The first-order valence-corrected chi connectivity index (χ1v) is 8.60. The molecular weight excluding hydrogens is 324 g/mol. The summed E-state index contributed by atoms with van der Waals surface area (Å²) in [7, 11) is 1.57. The van der Waals surface area contributed by atoms with Gasteiger partial charge in [0.2, 0.25) is 11.8 Å². The van der Waals surface area contributed by atoms with Gasteiger partial charge in [0, 0.05) is 17.4 Å². The third-order valence-electron chi connectivity index (χ3n) is 3.12. The monoisotopic (exact) mass is 344 g/mol. The number of hydrogen-bond donors (Lipinski definition) is 2. The molecule has 5 nitrogen and oxygen atoms in total. The number of carbonyl (C=O) groups is 2. The Hall–Kier alpha value is -2.47. The summed E-state index contributed by atoms with van der Waals surface area (Å²) in [4.78, 5) is 23.8. The van der Waals surface area contributed by atoms with E-state index < -0.39 is 0 Å². The van der Waals surface area contributed by atoms with E-state index in [1.54, 1.807) is 31.4 Å². The van der Waals surface area contributed by atoms with Crippen LogP contribution < -0.4 is 15.4 Å². The minimum absolute atomic E-state index is 0.125. The molecule has 0 aliphatic carbocycles. The molecule has 2 amide bonds. The van der Waals surface area contributed by atoms with Gasteiger partial charge in [-0.1, -0.05) is 18.2 Å². The van der Waals surface area contributed by atoms with Crippen molar-refractivity contribution in [2.24, 2.45) is 0 Å². The third-order valence-corrected chi connectivity index (χ3v) is 4.05. The van der Waals surface area contributed by atoms with Crippen LogP contribution in [0.15, 0.2) is 48.5 Å². The van der Waals surface area contributed by atoms with Gasteiger partial charge < -0.3 is 15.4 Å². The molecule has 2 aromatic rings. The number of hydrogen-bond acceptors (Lipinski definition) is 4. The summed E-state index contributed by atoms with van der Waals surface area (Å²) < 4.78 is 5.10. The van der Waals surface area contributed by atoms with E-state index in [4.69, 9.17) is 4.74 Å². The van der Waals surface area contributed by atoms with E-state index in [0.29, 0.717) is 11.4 Å². The molecule has 2 rings (SSSR count). The van der Waals surface area contributed by atoms with Gasteiger partial charge in [-0.05, 0) is 36.8 Å². The number of carbonyl (C=O) groups excluding carboxylic acids is 2. The van der Waals surface area contributed by atoms with Crippen LogP contribution in [0.4, 0.5) is 11.4 Å². The van der Waals surface area contributed by atoms with E-state index in [1.807, 2.05) is 31.2 Å². The van der Waals surface area contributed by atoms with Crippen molar-refractivity contribution in [1.29, 1.82) is 0 Å². The zero-order valence-corrected chi connectivity index (χ0v) is 14.5. The Morgan fingerprint density at radius 3 is 2.12 bits per heavy atom. The predicted molar refractivity (Wildman–Crippen MR) is 98.8 cm³/mol. The van der Waals surface area contributed by atoms with E-state index in [0.717, 1.165) is 11.3 Å². The lowest BCUT2D eigenvalue weighted by atomic mass is 10.2. The Labute approximate surface area is 145 Å². The molecule has 126 valence electrons. The van der Waals surface area contributed by atoms with Crippen LogP contribution in [0, 0.1) is 6.92 Å². The highest BCUT2D eigenvalue weighted by Crippen LogP contribution is 2.17. The summed E-state index contributed by atoms with van der Waals surface area (Å²) in [5.41, 5.74) is 2.52. The van der Waals surface area contributed by atoms with Gasteiger partial charge in [-0.25, -0.2) is 0 Å². The van der Waals surface area contributed by atoms with Crippen LogP contribution in [0.3, 0.4) is 0 Å². The van der Waals surface area contributed by atoms with E-state index in [-0.39, 0.29) is 23.3 Å². The van der Waals surface area contributed by atoms with Crippen molar-refractivity contribution in [2.45, 2.75) is 6.92 Å². The largest absolute Gasteiger partial charge is 0.497 e. The SMILES string of the molecule is COc1cccc(NC(=O)CSCC(=O)Nc2cccc(C)c2)c1. The number of benzene rings is 2. The van der Waals surface area contributed by atoms with Gasteiger partial charge in [0.15, 0.2) is 0 Å². The smallest absolute Gasteiger partial charge is 0.234 e. The lowest BCUT2D eigenvalue weighted by Crippen LogP contribution is -2.18. The first-order valence-electron chi connectivity index (χ1n) is 7.45. The third kappa shape index (κ3) is 5.96. The Balaban J connectivity index is 1.72. The molecule has 2 N–H and O–H groups in total. The molecule has 0 fully saturated rings. The first-order chi connectivity index (χ1) is 11.6. The number of amides is 2. The minimum atomic E-state index is -0.156. The van der Waals surface area contributed by atoms with Crippen LogP contribution in [0.1, 0.15) is 5.56 Å². The molecule has 0 radical (unpaired) electrons. The van der Waals surface area contributed by atoms with Gasteiger partial charge in [-0.3, -0.25) is 9.59 Å². The van der Waals surface area contributed by atoms with Crippen LogP contribution in [-0.4, -0.2) is 30.4 Å². The highest BCUT2D eigenvalue weighted by atomic mass is 32.2. The van der Waals surface area contributed by atoms with Crippen molar-refractivity contribution in [3.05, 3.63) is 54.1 Å². The normalized spacial score (nSPS) is 10.1. The molecule has 0 aromatic heterocycles. The highest BCUT2D eigenvalue weighted by molar-refractivity contribution is 8.00. The van der Waals surface area contributed by atoms with E-state index in [1.165, 1.54) is 11.8 Å². The number of rotatable bonds is 7. The van der Waals surface area contributed by atoms with E-state index in [9.17, 15) is 9.59 Å². The lowest BCUT2D eigenvalue weighted by molar-refractivity contribution is -0.114. The van der Waals surface area contributed by atoms with E-state index in [2.05, 4.69) is 10.6 Å². The molecule has 0 aliphatic heterocycles. The summed E-state index contributed by atoms with van der Waals surface area (Å²) in [6.45, 7) is 1.97. The van der Waals surface area contributed by atoms with Crippen molar-refractivity contribution >= 4 is 35.0 Å². The zero-order chi connectivity index (χ0) is 17.4. The molecule has 2 aromatic carbocycles. The summed E-state index contributed by atoms with van der Waals surface area (Å²) in [6.07, 6.45) is 0. The fourth-order valence-corrected chi connectivity index (χ4v) is 2.67. The standard InChI is InChI=1S/C18H20N2O3S/c1-13-5-3-6-14(9-13)19-17(21)11-24-12-18(22)20-15-7-4-8-16(10-15)23-2/h3-10H,11-12H2,1-2H3,(H,19,21)(H,20,22). The molecule has 0 heterocycles. The molecule has 0 saturated heterocycles. The molecule has 0 atom stereocenters. The average Bonchev–Trinajstić information content (AvgIpc) is 2.55. The number of methoxy groups -OCH3 is 1. The van der Waals surface area contributed by atoms with Gasteiger partial charge >= 0.3 is 0 Å². The van der Waals surface area contributed by atoms with Crippen LogP contribution in [0.5, 0.6) is 5.75 Å². The Morgan fingerprint density at radius 1 is 0.958 bits per heavy atom. The predicted octanol–water partition coefficient (Wildman–Crippen LogP) is 3.31. The van der Waals surface area contributed by atoms with Crippen molar-refractivity contribution in [1.82, 2.24) is 0 Å². The molecule has 6 heteroatoms. The summed E-state index contributed by atoms with van der Waals surface area (Å²) in [5.74, 6) is 0.826. The van der Waals surface area contributed by atoms with Crippen molar-refractivity contribution in [2.75, 3.05) is 29.2 Å². The maximum atomic E-state index is 11.9. The van der Waals surface area contributed by atoms with E-state index >= 15 is 0 Å². The molecule has 0 spiro atoms. The molecule has 0 aliphatic rings. The fourth-order valence-electron chi connectivity index (χ4n) is 2.05. The fraction of sp³-hybridized carbons (Fsp3) is 0.222. The molecule has 0 saturated carbocycles. The van der Waals surface area contributed by atoms with Gasteiger partial charge in [0.05, 0.1) is 18.6 Å². The highest BCUT2D eigenvalue weighted by Gasteiger charge is 2.07. The number of aryl methyl sites for hydroxylation is 1. The molecule has 0 unspecified atom stereocenters. The molecule has 24 heavy (non-hydrogen) atoms. The summed E-state index contributed by atoms with van der Waals surface area (Å²) in [6, 6.07) is 14.7. The van der Waals surface area contributed by atoms with Crippen molar-refractivity contribution in [3.8, 4) is 5.75 Å². The summed E-state index contributed by atoms with van der Waals surface area (Å²) in [5, 5.41) is 5.59. The van der Waals surface area contributed by atoms with Gasteiger partial charge in [0.1, 0.15) is 5.75 Å². The minimum Gasteiger partial charge on any atom is -0.497 e. The van der Waals surface area contributed by atoms with Gasteiger partial charge in [-0.2, -0.15) is 0 Å². The van der Waals surface area contributed by atoms with Gasteiger partial charge in [0.25, 0.3) is 0 Å². The quantitative estimate of drug-likeness (QED) is 0.809. The number of ether oxygens (including phenoxy) is 1. The second-order valence-electron chi connectivity index (χ2n) is 5.19. The van der Waals surface area contributed by atoms with Gasteiger partial charge in [-0.15, -0.1) is 11.8 Å². The molecular formula is C18H20N2O3S. The zero-order valence-electron chi connectivity index (χ0n) is 13.7. The van der Waals surface area contributed by atoms with Crippen molar-refractivity contribution < 1.29 is 14.3 Å². The molecule has 0 bridgehead atoms. The Morgan fingerprint density at radius 2 is 1.54 bits per heavy atom. The topological polar surface area (TPSA) is 67.4 Å². The second-order valence-corrected chi connectivity index (χ2v) is 6.18. The summed E-state index contributed by atoms with van der Waals surface area (Å²) >= 11 is 1.27. The maximum Gasteiger partial charge on any atom is 0.234 e.